The molecule has 0 aliphatic heterocycles. The number of rotatable bonds is 6. The van der Waals surface area contributed by atoms with Gasteiger partial charge in [0.05, 0.1) is 6.20 Å². The van der Waals surface area contributed by atoms with Crippen LogP contribution in [-0.2, 0) is 21.6 Å². The van der Waals surface area contributed by atoms with Gasteiger partial charge < -0.3 is 10.1 Å². The quantitative estimate of drug-likeness (QED) is 0.570. The number of hydrogen-bond acceptors (Lipinski definition) is 4. The first-order valence-corrected chi connectivity index (χ1v) is 9.51. The topological polar surface area (TPSA) is 51.2 Å². The molecule has 0 aliphatic rings. The average molecular weight is 392 g/mol. The summed E-state index contributed by atoms with van der Waals surface area (Å²) in [4.78, 5) is 16.7. The van der Waals surface area contributed by atoms with Crippen molar-refractivity contribution in [3.05, 3.63) is 95.6 Å². The molecule has 3 rings (SSSR count). The molecule has 0 fully saturated rings. The van der Waals surface area contributed by atoms with Gasteiger partial charge in [0.2, 0.25) is 0 Å². The smallest absolute Gasteiger partial charge is 0.333 e. The number of benzene rings is 2. The molecular formula is C24H25FN2O2. The van der Waals surface area contributed by atoms with Gasteiger partial charge >= 0.3 is 5.97 Å². The minimum Gasteiger partial charge on any atom is -0.459 e. The van der Waals surface area contributed by atoms with Gasteiger partial charge in [-0.15, -0.1) is 0 Å². The van der Waals surface area contributed by atoms with E-state index in [-0.39, 0.29) is 12.0 Å². The number of pyridine rings is 1. The number of hydrogen-bond donors (Lipinski definition) is 1. The summed E-state index contributed by atoms with van der Waals surface area (Å²) in [5.41, 5.74) is 3.23. The summed E-state index contributed by atoms with van der Waals surface area (Å²) in [5, 5.41) is 3.16. The lowest BCUT2D eigenvalue weighted by Gasteiger charge is -2.21. The summed E-state index contributed by atoms with van der Waals surface area (Å²) >= 11 is 0. The molecule has 0 aliphatic carbocycles. The van der Waals surface area contributed by atoms with E-state index < -0.39 is 17.8 Å². The lowest BCUT2D eigenvalue weighted by molar-refractivity contribution is -0.146. The van der Waals surface area contributed by atoms with Crippen LogP contribution in [0.4, 0.5) is 10.1 Å². The molecule has 1 N–H and O–H groups in total. The highest BCUT2D eigenvalue weighted by molar-refractivity contribution is 5.81. The zero-order chi connectivity index (χ0) is 20.9. The highest BCUT2D eigenvalue weighted by Gasteiger charge is 2.24. The summed E-state index contributed by atoms with van der Waals surface area (Å²) in [6.45, 7) is 6.55. The molecule has 0 saturated heterocycles. The van der Waals surface area contributed by atoms with Crippen LogP contribution in [0.1, 0.15) is 43.5 Å². The molecule has 0 radical (unpaired) electrons. The largest absolute Gasteiger partial charge is 0.459 e. The number of nitrogens with one attached hydrogen (secondary N) is 1. The number of esters is 1. The van der Waals surface area contributed by atoms with Gasteiger partial charge in [0.1, 0.15) is 12.4 Å². The predicted molar refractivity (Wildman–Crippen MR) is 112 cm³/mol. The lowest BCUT2D eigenvalue weighted by atomic mass is 9.87. The van der Waals surface area contributed by atoms with Crippen molar-refractivity contribution in [1.82, 2.24) is 4.98 Å². The van der Waals surface area contributed by atoms with E-state index in [4.69, 9.17) is 4.74 Å². The van der Waals surface area contributed by atoms with Crippen molar-refractivity contribution >= 4 is 11.7 Å². The van der Waals surface area contributed by atoms with Crippen LogP contribution in [0.2, 0.25) is 0 Å². The molecule has 0 spiro atoms. The number of carbonyl (C=O) groups is 1. The van der Waals surface area contributed by atoms with Crippen LogP contribution >= 0.6 is 0 Å². The molecule has 1 aromatic heterocycles. The Hall–Kier alpha value is -3.21. The van der Waals surface area contributed by atoms with Gasteiger partial charge in [-0.3, -0.25) is 4.98 Å². The van der Waals surface area contributed by atoms with E-state index >= 15 is 0 Å². The summed E-state index contributed by atoms with van der Waals surface area (Å²) < 4.78 is 19.2. The highest BCUT2D eigenvalue weighted by atomic mass is 19.1. The summed E-state index contributed by atoms with van der Waals surface area (Å²) in [6, 6.07) is 17.7. The molecular weight excluding hydrogens is 367 g/mol. The van der Waals surface area contributed by atoms with Crippen molar-refractivity contribution in [1.29, 1.82) is 0 Å². The third kappa shape index (κ3) is 5.64. The maximum atomic E-state index is 13.7. The third-order valence-electron chi connectivity index (χ3n) is 4.58. The molecule has 0 amide bonds. The number of nitrogens with zero attached hydrogens (tertiary/aromatic N) is 1. The zero-order valence-electron chi connectivity index (χ0n) is 16.9. The molecule has 0 bridgehead atoms. The van der Waals surface area contributed by atoms with Gasteiger partial charge in [-0.25, -0.2) is 9.18 Å². The summed E-state index contributed by atoms with van der Waals surface area (Å²) in [6.07, 6.45) is 2.57. The van der Waals surface area contributed by atoms with Crippen LogP contribution in [0.3, 0.4) is 0 Å². The standard InChI is InChI=1S/C24H25FN2O2/c1-24(2,3)19-9-11-21(12-10-19)27-22(18-13-20(25)15-26-14-18)23(28)29-16-17-7-5-4-6-8-17/h4-15,22,27H,16H2,1-3H3. The molecule has 29 heavy (non-hydrogen) atoms. The van der Waals surface area contributed by atoms with Crippen molar-refractivity contribution in [2.45, 2.75) is 38.8 Å². The van der Waals surface area contributed by atoms with Crippen LogP contribution in [0, 0.1) is 5.82 Å². The van der Waals surface area contributed by atoms with Gasteiger partial charge in [-0.05, 0) is 34.7 Å². The average Bonchev–Trinajstić information content (AvgIpc) is 2.70. The molecule has 4 nitrogen and oxygen atoms in total. The third-order valence-corrected chi connectivity index (χ3v) is 4.58. The van der Waals surface area contributed by atoms with E-state index in [0.29, 0.717) is 5.56 Å². The van der Waals surface area contributed by atoms with E-state index in [9.17, 15) is 9.18 Å². The molecule has 150 valence electrons. The van der Waals surface area contributed by atoms with Crippen LogP contribution in [0.15, 0.2) is 73.1 Å². The van der Waals surface area contributed by atoms with E-state index in [1.807, 2.05) is 54.6 Å². The lowest BCUT2D eigenvalue weighted by Crippen LogP contribution is -2.24. The normalized spacial score (nSPS) is 12.3. The van der Waals surface area contributed by atoms with Crippen molar-refractivity contribution < 1.29 is 13.9 Å². The van der Waals surface area contributed by atoms with Gasteiger partial charge in [0.15, 0.2) is 6.04 Å². The minimum absolute atomic E-state index is 0.0268. The van der Waals surface area contributed by atoms with E-state index in [2.05, 4.69) is 31.1 Å². The Morgan fingerprint density at radius 2 is 1.76 bits per heavy atom. The minimum atomic E-state index is -0.873. The Labute approximate surface area is 170 Å². The number of halogens is 1. The number of aromatic nitrogens is 1. The molecule has 3 aromatic rings. The maximum absolute atomic E-state index is 13.7. The predicted octanol–water partition coefficient (Wildman–Crippen LogP) is 5.41. The fourth-order valence-electron chi connectivity index (χ4n) is 2.91. The van der Waals surface area contributed by atoms with E-state index in [1.54, 1.807) is 0 Å². The molecule has 1 heterocycles. The first kappa shape index (κ1) is 20.5. The van der Waals surface area contributed by atoms with Gasteiger partial charge in [-0.1, -0.05) is 63.2 Å². The van der Waals surface area contributed by atoms with Crippen molar-refractivity contribution in [3.63, 3.8) is 0 Å². The van der Waals surface area contributed by atoms with Crippen LogP contribution in [0.5, 0.6) is 0 Å². The van der Waals surface area contributed by atoms with Crippen molar-refractivity contribution in [3.8, 4) is 0 Å². The first-order chi connectivity index (χ1) is 13.8. The Bertz CT molecular complexity index is 951. The molecule has 1 atom stereocenters. The fraction of sp³-hybridized carbons (Fsp3) is 0.250. The second kappa shape index (κ2) is 8.86. The van der Waals surface area contributed by atoms with Crippen molar-refractivity contribution in [2.75, 3.05) is 5.32 Å². The second-order valence-electron chi connectivity index (χ2n) is 7.93. The van der Waals surface area contributed by atoms with Crippen LogP contribution < -0.4 is 5.32 Å². The van der Waals surface area contributed by atoms with E-state index in [1.165, 1.54) is 17.8 Å². The number of anilines is 1. The SMILES string of the molecule is CC(C)(C)c1ccc(NC(C(=O)OCc2ccccc2)c2cncc(F)c2)cc1. The zero-order valence-corrected chi connectivity index (χ0v) is 16.9. The maximum Gasteiger partial charge on any atom is 0.333 e. The molecule has 1 unspecified atom stereocenters. The van der Waals surface area contributed by atoms with Gasteiger partial charge in [-0.2, -0.15) is 0 Å². The monoisotopic (exact) mass is 392 g/mol. The summed E-state index contributed by atoms with van der Waals surface area (Å²) in [5.74, 6) is -1.01. The Morgan fingerprint density at radius 1 is 1.07 bits per heavy atom. The Balaban J connectivity index is 1.80. The Kier molecular flexibility index (Phi) is 6.27. The van der Waals surface area contributed by atoms with Gasteiger partial charge in [0, 0.05) is 17.4 Å². The second-order valence-corrected chi connectivity index (χ2v) is 7.93. The fourth-order valence-corrected chi connectivity index (χ4v) is 2.91. The highest BCUT2D eigenvalue weighted by Crippen LogP contribution is 2.26. The molecule has 5 heteroatoms. The summed E-state index contributed by atoms with van der Waals surface area (Å²) in [7, 11) is 0. The first-order valence-electron chi connectivity index (χ1n) is 9.51. The van der Waals surface area contributed by atoms with E-state index in [0.717, 1.165) is 17.4 Å². The van der Waals surface area contributed by atoms with Crippen LogP contribution in [-0.4, -0.2) is 11.0 Å². The van der Waals surface area contributed by atoms with Gasteiger partial charge in [0.25, 0.3) is 0 Å². The van der Waals surface area contributed by atoms with Crippen molar-refractivity contribution in [2.24, 2.45) is 0 Å². The molecule has 2 aromatic carbocycles. The Morgan fingerprint density at radius 3 is 2.38 bits per heavy atom. The number of ether oxygens (including phenoxy) is 1. The number of carbonyl (C=O) groups excluding carboxylic acids is 1. The van der Waals surface area contributed by atoms with Crippen LogP contribution in [0.25, 0.3) is 0 Å². The molecule has 0 saturated carbocycles.